The third kappa shape index (κ3) is 2.83. The van der Waals surface area contributed by atoms with Crippen LogP contribution in [0.15, 0.2) is 23.1 Å². The largest absolute Gasteiger partial charge is 0.506 e. The summed E-state index contributed by atoms with van der Waals surface area (Å²) < 4.78 is 31.3. The fraction of sp³-hybridized carbons (Fsp3) is 0.500. The minimum absolute atomic E-state index is 0.0636. The highest BCUT2D eigenvalue weighted by molar-refractivity contribution is 7.89. The number of anilines is 1. The molecule has 1 aromatic rings. The van der Waals surface area contributed by atoms with E-state index in [1.807, 2.05) is 0 Å². The number of sulfonamides is 1. The van der Waals surface area contributed by atoms with Crippen LogP contribution in [0.25, 0.3) is 0 Å². The van der Waals surface area contributed by atoms with Crippen molar-refractivity contribution in [2.24, 2.45) is 5.92 Å². The maximum Gasteiger partial charge on any atom is 0.243 e. The predicted molar refractivity (Wildman–Crippen MR) is 71.3 cm³/mol. The lowest BCUT2D eigenvalue weighted by molar-refractivity contribution is 0.157. The van der Waals surface area contributed by atoms with Gasteiger partial charge >= 0.3 is 0 Å². The molecule has 0 saturated carbocycles. The third-order valence-electron chi connectivity index (χ3n) is 3.29. The average molecular weight is 286 g/mol. The first-order valence-corrected chi connectivity index (χ1v) is 7.46. The Bertz CT molecular complexity index is 559. The lowest BCUT2D eigenvalue weighted by atomic mass is 10.1. The van der Waals surface area contributed by atoms with Gasteiger partial charge in [0.2, 0.25) is 10.0 Å². The van der Waals surface area contributed by atoms with Crippen LogP contribution in [0.2, 0.25) is 0 Å². The Morgan fingerprint density at radius 3 is 2.89 bits per heavy atom. The summed E-state index contributed by atoms with van der Waals surface area (Å²) >= 11 is 0. The number of benzene rings is 1. The number of rotatable bonds is 4. The van der Waals surface area contributed by atoms with Crippen molar-refractivity contribution >= 4 is 15.7 Å². The van der Waals surface area contributed by atoms with E-state index in [0.29, 0.717) is 19.7 Å². The van der Waals surface area contributed by atoms with Gasteiger partial charge in [-0.2, -0.15) is 4.31 Å². The van der Waals surface area contributed by atoms with Gasteiger partial charge in [-0.1, -0.05) is 0 Å². The van der Waals surface area contributed by atoms with Gasteiger partial charge in [0.1, 0.15) is 5.75 Å². The Labute approximate surface area is 112 Å². The lowest BCUT2D eigenvalue weighted by Gasteiger charge is -2.17. The third-order valence-corrected chi connectivity index (χ3v) is 5.15. The van der Waals surface area contributed by atoms with Crippen LogP contribution in [0.5, 0.6) is 5.75 Å². The van der Waals surface area contributed by atoms with Crippen LogP contribution in [0.3, 0.4) is 0 Å². The molecule has 0 spiro atoms. The molecule has 6 nitrogen and oxygen atoms in total. The van der Waals surface area contributed by atoms with Gasteiger partial charge in [0, 0.05) is 20.2 Å². The number of nitrogen functional groups attached to an aromatic ring is 1. The zero-order valence-corrected chi connectivity index (χ0v) is 11.6. The normalized spacial score (nSPS) is 20.8. The van der Waals surface area contributed by atoms with Crippen molar-refractivity contribution in [1.29, 1.82) is 0 Å². The van der Waals surface area contributed by atoms with Gasteiger partial charge in [-0.15, -0.1) is 0 Å². The number of ether oxygens (including phenoxy) is 1. The van der Waals surface area contributed by atoms with Crippen molar-refractivity contribution in [1.82, 2.24) is 4.31 Å². The van der Waals surface area contributed by atoms with Crippen molar-refractivity contribution in [3.8, 4) is 5.75 Å². The molecule has 1 fully saturated rings. The number of nitrogens with zero attached hydrogens (tertiary/aromatic N) is 1. The van der Waals surface area contributed by atoms with Gasteiger partial charge in [-0.25, -0.2) is 8.42 Å². The molecule has 0 aliphatic carbocycles. The number of phenols is 1. The SMILES string of the molecule is COCC1CCN(S(=O)(=O)c2ccc(O)c(N)c2)C1. The topological polar surface area (TPSA) is 92.9 Å². The first-order valence-electron chi connectivity index (χ1n) is 6.02. The first-order chi connectivity index (χ1) is 8.95. The molecular formula is C12H18N2O4S. The molecule has 0 bridgehead atoms. The number of aromatic hydroxyl groups is 1. The van der Waals surface area contributed by atoms with Crippen LogP contribution in [-0.4, -0.2) is 44.6 Å². The van der Waals surface area contributed by atoms with Gasteiger partial charge in [0.15, 0.2) is 0 Å². The van der Waals surface area contributed by atoms with Gasteiger partial charge in [-0.3, -0.25) is 0 Å². The average Bonchev–Trinajstić information content (AvgIpc) is 2.82. The van der Waals surface area contributed by atoms with E-state index in [-0.39, 0.29) is 22.3 Å². The number of nitrogens with two attached hydrogens (primary N) is 1. The molecule has 106 valence electrons. The van der Waals surface area contributed by atoms with Crippen LogP contribution < -0.4 is 5.73 Å². The molecule has 19 heavy (non-hydrogen) atoms. The van der Waals surface area contributed by atoms with E-state index in [1.54, 1.807) is 7.11 Å². The lowest BCUT2D eigenvalue weighted by Crippen LogP contribution is -2.29. The summed E-state index contributed by atoms with van der Waals surface area (Å²) in [5.74, 6) is 0.117. The number of phenolic OH excluding ortho intramolecular Hbond substituents is 1. The van der Waals surface area contributed by atoms with Crippen molar-refractivity contribution in [3.05, 3.63) is 18.2 Å². The van der Waals surface area contributed by atoms with E-state index in [9.17, 15) is 13.5 Å². The molecule has 1 aliphatic rings. The Morgan fingerprint density at radius 1 is 1.53 bits per heavy atom. The second kappa shape index (κ2) is 5.36. The summed E-state index contributed by atoms with van der Waals surface area (Å²) in [6.07, 6.45) is 0.792. The van der Waals surface area contributed by atoms with Gasteiger partial charge in [0.25, 0.3) is 0 Å². The van der Waals surface area contributed by atoms with Crippen LogP contribution in [0, 0.1) is 5.92 Å². The standard InChI is InChI=1S/C12H18N2O4S/c1-18-8-9-4-5-14(7-9)19(16,17)10-2-3-12(15)11(13)6-10/h2-3,6,9,15H,4-5,7-8,13H2,1H3. The van der Waals surface area contributed by atoms with Crippen LogP contribution in [0.4, 0.5) is 5.69 Å². The quantitative estimate of drug-likeness (QED) is 0.625. The number of hydrogen-bond donors (Lipinski definition) is 2. The number of hydrogen-bond acceptors (Lipinski definition) is 5. The molecule has 3 N–H and O–H groups in total. The zero-order chi connectivity index (χ0) is 14.0. The molecule has 1 atom stereocenters. The molecule has 0 radical (unpaired) electrons. The molecule has 1 aliphatic heterocycles. The van der Waals surface area contributed by atoms with Crippen molar-refractivity contribution in [3.63, 3.8) is 0 Å². The molecule has 1 aromatic carbocycles. The molecule has 2 rings (SSSR count). The highest BCUT2D eigenvalue weighted by atomic mass is 32.2. The van der Waals surface area contributed by atoms with E-state index < -0.39 is 10.0 Å². The van der Waals surface area contributed by atoms with E-state index >= 15 is 0 Å². The summed E-state index contributed by atoms with van der Waals surface area (Å²) in [4.78, 5) is 0.112. The summed E-state index contributed by atoms with van der Waals surface area (Å²) in [6.45, 7) is 1.50. The minimum atomic E-state index is -3.54. The molecular weight excluding hydrogens is 268 g/mol. The molecule has 1 saturated heterocycles. The predicted octanol–water partition coefficient (Wildman–Crippen LogP) is 0.631. The van der Waals surface area contributed by atoms with Crippen molar-refractivity contribution in [2.45, 2.75) is 11.3 Å². The monoisotopic (exact) mass is 286 g/mol. The number of methoxy groups -OCH3 is 1. The van der Waals surface area contributed by atoms with Crippen molar-refractivity contribution in [2.75, 3.05) is 32.5 Å². The zero-order valence-electron chi connectivity index (χ0n) is 10.7. The molecule has 7 heteroatoms. The maximum absolute atomic E-state index is 12.4. The van der Waals surface area contributed by atoms with Crippen LogP contribution >= 0.6 is 0 Å². The van der Waals surface area contributed by atoms with E-state index in [1.165, 1.54) is 22.5 Å². The summed E-state index contributed by atoms with van der Waals surface area (Å²) in [6, 6.07) is 3.95. The highest BCUT2D eigenvalue weighted by Gasteiger charge is 2.32. The molecule has 0 amide bonds. The smallest absolute Gasteiger partial charge is 0.243 e. The van der Waals surface area contributed by atoms with Gasteiger partial charge in [0.05, 0.1) is 17.2 Å². The van der Waals surface area contributed by atoms with Crippen molar-refractivity contribution < 1.29 is 18.3 Å². The Hall–Kier alpha value is -1.31. The van der Waals surface area contributed by atoms with Crippen LogP contribution in [0.1, 0.15) is 6.42 Å². The van der Waals surface area contributed by atoms with Crippen LogP contribution in [-0.2, 0) is 14.8 Å². The second-order valence-corrected chi connectivity index (χ2v) is 6.63. The summed E-state index contributed by atoms with van der Waals surface area (Å²) in [5, 5.41) is 9.34. The fourth-order valence-electron chi connectivity index (χ4n) is 2.23. The Kier molecular flexibility index (Phi) is 3.98. The van der Waals surface area contributed by atoms with Gasteiger partial charge in [-0.05, 0) is 30.5 Å². The highest BCUT2D eigenvalue weighted by Crippen LogP contribution is 2.28. The maximum atomic E-state index is 12.4. The van der Waals surface area contributed by atoms with E-state index in [0.717, 1.165) is 6.42 Å². The minimum Gasteiger partial charge on any atom is -0.506 e. The molecule has 0 aromatic heterocycles. The second-order valence-electron chi connectivity index (χ2n) is 4.69. The first kappa shape index (κ1) is 14.1. The summed E-state index contributed by atoms with van der Waals surface area (Å²) in [7, 11) is -1.93. The Balaban J connectivity index is 2.21. The van der Waals surface area contributed by atoms with Gasteiger partial charge < -0.3 is 15.6 Å². The van der Waals surface area contributed by atoms with E-state index in [4.69, 9.17) is 10.5 Å². The summed E-state index contributed by atoms with van der Waals surface area (Å²) in [5.41, 5.74) is 5.60. The fourth-order valence-corrected chi connectivity index (χ4v) is 3.80. The molecule has 1 unspecified atom stereocenters. The van der Waals surface area contributed by atoms with E-state index in [2.05, 4.69) is 0 Å². The molecule has 1 heterocycles. The Morgan fingerprint density at radius 2 is 2.26 bits per heavy atom.